The third kappa shape index (κ3) is 4.30. The van der Waals surface area contributed by atoms with Crippen LogP contribution in [0, 0.1) is 5.92 Å². The van der Waals surface area contributed by atoms with Gasteiger partial charge >= 0.3 is 6.18 Å². The van der Waals surface area contributed by atoms with Crippen molar-refractivity contribution in [2.24, 2.45) is 11.7 Å². The lowest BCUT2D eigenvalue weighted by molar-refractivity contribution is -0.137. The molecule has 1 fully saturated rings. The van der Waals surface area contributed by atoms with Crippen molar-refractivity contribution in [3.63, 3.8) is 0 Å². The standard InChI is InChI=1S/C20H19F3N6O2/c21-20(22,23)12-2-1-3-13(10-12)26-17-15-14(4-7-25-18(15)31)27-19(28-17)29-8-5-11(6-9-29)16(24)30/h1-4,7,10-11H,5-6,8-9H2,(H2,24,30)(H,25,31)(H,26,27,28). The van der Waals surface area contributed by atoms with Crippen LogP contribution in [0.5, 0.6) is 0 Å². The van der Waals surface area contributed by atoms with Gasteiger partial charge in [0.25, 0.3) is 5.56 Å². The highest BCUT2D eigenvalue weighted by atomic mass is 19.4. The average molecular weight is 432 g/mol. The summed E-state index contributed by atoms with van der Waals surface area (Å²) in [6.07, 6.45) is -1.97. The molecule has 11 heteroatoms. The van der Waals surface area contributed by atoms with Crippen LogP contribution < -0.4 is 21.5 Å². The molecule has 0 aliphatic carbocycles. The number of benzene rings is 1. The minimum Gasteiger partial charge on any atom is -0.369 e. The number of primary amides is 1. The molecular weight excluding hydrogens is 413 g/mol. The first-order valence-electron chi connectivity index (χ1n) is 9.60. The van der Waals surface area contributed by atoms with Crippen molar-refractivity contribution < 1.29 is 18.0 Å². The Kier molecular flexibility index (Phi) is 5.25. The van der Waals surface area contributed by atoms with Gasteiger partial charge in [-0.1, -0.05) is 6.07 Å². The number of piperidine rings is 1. The van der Waals surface area contributed by atoms with Crippen LogP contribution >= 0.6 is 0 Å². The van der Waals surface area contributed by atoms with Gasteiger partial charge in [-0.2, -0.15) is 18.2 Å². The van der Waals surface area contributed by atoms with Gasteiger partial charge in [-0.25, -0.2) is 4.98 Å². The molecule has 1 aliphatic heterocycles. The molecule has 1 amide bonds. The fourth-order valence-electron chi connectivity index (χ4n) is 3.58. The Bertz CT molecular complexity index is 1190. The van der Waals surface area contributed by atoms with Gasteiger partial charge in [0.05, 0.1) is 11.1 Å². The van der Waals surface area contributed by atoms with E-state index in [4.69, 9.17) is 5.73 Å². The largest absolute Gasteiger partial charge is 0.416 e. The number of hydrogen-bond donors (Lipinski definition) is 3. The van der Waals surface area contributed by atoms with Gasteiger partial charge in [-0.3, -0.25) is 9.59 Å². The fourth-order valence-corrected chi connectivity index (χ4v) is 3.58. The zero-order valence-corrected chi connectivity index (χ0v) is 16.2. The van der Waals surface area contributed by atoms with Crippen LogP contribution in [0.1, 0.15) is 18.4 Å². The molecule has 31 heavy (non-hydrogen) atoms. The number of pyridine rings is 1. The van der Waals surface area contributed by atoms with E-state index < -0.39 is 17.3 Å². The van der Waals surface area contributed by atoms with E-state index in [-0.39, 0.29) is 28.7 Å². The number of aromatic nitrogens is 3. The number of nitrogens with one attached hydrogen (secondary N) is 2. The number of hydrogen-bond acceptors (Lipinski definition) is 6. The lowest BCUT2D eigenvalue weighted by atomic mass is 9.96. The summed E-state index contributed by atoms with van der Waals surface area (Å²) in [6, 6.07) is 6.23. The van der Waals surface area contributed by atoms with E-state index in [1.807, 2.05) is 4.90 Å². The van der Waals surface area contributed by atoms with Crippen LogP contribution in [0.25, 0.3) is 10.9 Å². The maximum absolute atomic E-state index is 13.1. The van der Waals surface area contributed by atoms with Crippen molar-refractivity contribution in [1.82, 2.24) is 15.0 Å². The van der Waals surface area contributed by atoms with Crippen molar-refractivity contribution in [1.29, 1.82) is 0 Å². The predicted molar refractivity (Wildman–Crippen MR) is 109 cm³/mol. The number of H-pyrrole nitrogens is 1. The molecule has 0 radical (unpaired) electrons. The van der Waals surface area contributed by atoms with E-state index in [9.17, 15) is 22.8 Å². The van der Waals surface area contributed by atoms with E-state index in [2.05, 4.69) is 20.3 Å². The number of nitrogens with two attached hydrogens (primary N) is 1. The summed E-state index contributed by atoms with van der Waals surface area (Å²) >= 11 is 0. The number of nitrogens with zero attached hydrogens (tertiary/aromatic N) is 3. The molecule has 1 saturated heterocycles. The van der Waals surface area contributed by atoms with Crippen LogP contribution in [-0.2, 0) is 11.0 Å². The van der Waals surface area contributed by atoms with Gasteiger partial charge in [0.1, 0.15) is 11.2 Å². The first-order chi connectivity index (χ1) is 14.7. The number of carbonyl (C=O) groups excluding carboxylic acids is 1. The number of rotatable bonds is 4. The zero-order chi connectivity index (χ0) is 22.2. The number of alkyl halides is 3. The van der Waals surface area contributed by atoms with E-state index >= 15 is 0 Å². The van der Waals surface area contributed by atoms with Crippen molar-refractivity contribution in [2.75, 3.05) is 23.3 Å². The summed E-state index contributed by atoms with van der Waals surface area (Å²) in [6.45, 7) is 0.983. The average Bonchev–Trinajstić information content (AvgIpc) is 2.73. The summed E-state index contributed by atoms with van der Waals surface area (Å²) in [5.74, 6) is -0.159. The highest BCUT2D eigenvalue weighted by Gasteiger charge is 2.30. The van der Waals surface area contributed by atoms with Crippen LogP contribution in [-0.4, -0.2) is 33.9 Å². The third-order valence-electron chi connectivity index (χ3n) is 5.24. The Morgan fingerprint density at radius 2 is 1.94 bits per heavy atom. The molecule has 0 spiro atoms. The maximum atomic E-state index is 13.1. The van der Waals surface area contributed by atoms with Gasteiger partial charge in [0.2, 0.25) is 11.9 Å². The van der Waals surface area contributed by atoms with Gasteiger partial charge in [-0.15, -0.1) is 0 Å². The van der Waals surface area contributed by atoms with Crippen LogP contribution in [0.15, 0.2) is 41.3 Å². The first-order valence-corrected chi connectivity index (χ1v) is 9.60. The Hall–Kier alpha value is -3.63. The summed E-state index contributed by atoms with van der Waals surface area (Å²) in [5.41, 5.74) is 4.57. The molecule has 0 unspecified atom stereocenters. The molecule has 0 atom stereocenters. The quantitative estimate of drug-likeness (QED) is 0.584. The lowest BCUT2D eigenvalue weighted by Crippen LogP contribution is -2.39. The summed E-state index contributed by atoms with van der Waals surface area (Å²) in [7, 11) is 0. The molecule has 0 saturated carbocycles. The molecule has 162 valence electrons. The summed E-state index contributed by atoms with van der Waals surface area (Å²) in [4.78, 5) is 37.1. The Morgan fingerprint density at radius 1 is 1.19 bits per heavy atom. The Labute approximate surface area is 174 Å². The van der Waals surface area contributed by atoms with Gasteiger partial charge in [0, 0.05) is 30.9 Å². The molecule has 3 heterocycles. The topological polar surface area (TPSA) is 117 Å². The maximum Gasteiger partial charge on any atom is 0.416 e. The van der Waals surface area contributed by atoms with Crippen LogP contribution in [0.3, 0.4) is 0 Å². The molecule has 3 aromatic rings. The molecule has 1 aliphatic rings. The molecular formula is C20H19F3N6O2. The number of halogens is 3. The van der Waals surface area contributed by atoms with E-state index in [0.717, 1.165) is 12.1 Å². The molecule has 8 nitrogen and oxygen atoms in total. The van der Waals surface area contributed by atoms with Crippen LogP contribution in [0.2, 0.25) is 0 Å². The molecule has 0 bridgehead atoms. The molecule has 2 aromatic heterocycles. The smallest absolute Gasteiger partial charge is 0.369 e. The Morgan fingerprint density at radius 3 is 2.61 bits per heavy atom. The van der Waals surface area contributed by atoms with Crippen molar-refractivity contribution in [2.45, 2.75) is 19.0 Å². The number of carbonyl (C=O) groups is 1. The van der Waals surface area contributed by atoms with E-state index in [1.165, 1.54) is 18.3 Å². The molecule has 4 N–H and O–H groups in total. The third-order valence-corrected chi connectivity index (χ3v) is 5.24. The lowest BCUT2D eigenvalue weighted by Gasteiger charge is -2.30. The van der Waals surface area contributed by atoms with Crippen molar-refractivity contribution in [3.05, 3.63) is 52.4 Å². The molecule has 1 aromatic carbocycles. The predicted octanol–water partition coefficient (Wildman–Crippen LogP) is 2.78. The number of amides is 1. The van der Waals surface area contributed by atoms with Gasteiger partial charge in [-0.05, 0) is 37.1 Å². The minimum absolute atomic E-state index is 0.0956. The second-order valence-electron chi connectivity index (χ2n) is 7.31. The number of aromatic amines is 1. The fraction of sp³-hybridized carbons (Fsp3) is 0.300. The highest BCUT2D eigenvalue weighted by molar-refractivity contribution is 5.91. The summed E-state index contributed by atoms with van der Waals surface area (Å²) in [5, 5.41) is 2.97. The minimum atomic E-state index is -4.50. The normalized spacial score (nSPS) is 15.3. The van der Waals surface area contributed by atoms with Crippen LogP contribution in [0.4, 0.5) is 30.6 Å². The number of anilines is 3. The Balaban J connectivity index is 1.73. The zero-order valence-electron chi connectivity index (χ0n) is 16.2. The van der Waals surface area contributed by atoms with E-state index in [0.29, 0.717) is 37.4 Å². The molecule has 4 rings (SSSR count). The van der Waals surface area contributed by atoms with Gasteiger partial charge < -0.3 is 20.9 Å². The second kappa shape index (κ2) is 7.89. The summed E-state index contributed by atoms with van der Waals surface area (Å²) < 4.78 is 39.2. The first kappa shape index (κ1) is 20.6. The monoisotopic (exact) mass is 432 g/mol. The van der Waals surface area contributed by atoms with E-state index in [1.54, 1.807) is 6.07 Å². The van der Waals surface area contributed by atoms with Crippen molar-refractivity contribution in [3.8, 4) is 0 Å². The second-order valence-corrected chi connectivity index (χ2v) is 7.31. The van der Waals surface area contributed by atoms with Gasteiger partial charge in [0.15, 0.2) is 0 Å². The van der Waals surface area contributed by atoms with Crippen molar-refractivity contribution >= 4 is 34.3 Å². The highest BCUT2D eigenvalue weighted by Crippen LogP contribution is 2.32. The number of fused-ring (bicyclic) bond motifs is 1. The SMILES string of the molecule is NC(=O)C1CCN(c2nc(Nc3cccc(C(F)(F)F)c3)c3c(=O)[nH]ccc3n2)CC1.